The fourth-order valence-electron chi connectivity index (χ4n) is 1.19. The minimum Gasteiger partial charge on any atom is -0.493 e. The van der Waals surface area contributed by atoms with Crippen molar-refractivity contribution in [2.75, 3.05) is 0 Å². The Morgan fingerprint density at radius 2 is 2.20 bits per heavy atom. The first-order valence-corrected chi connectivity index (χ1v) is 4.35. The molecular weight excluding hydrogens is 220 g/mol. The summed E-state index contributed by atoms with van der Waals surface area (Å²) in [4.78, 5) is 18.2. The standard InChI is InChI=1S/C9H5ClN2O3/c10-6-1-2-11-7-4(6)3-5(9(14)15)8(13)12-7/h1-3H,(H,14,15)(H,11,12,13). The molecule has 0 unspecified atom stereocenters. The maximum absolute atomic E-state index is 10.7. The molecule has 0 spiro atoms. The van der Waals surface area contributed by atoms with Crippen LogP contribution in [0, 0.1) is 0 Å². The average molecular weight is 225 g/mol. The highest BCUT2D eigenvalue weighted by Crippen LogP contribution is 2.25. The fourth-order valence-corrected chi connectivity index (χ4v) is 1.38. The highest BCUT2D eigenvalue weighted by atomic mass is 35.5. The molecule has 2 N–H and O–H groups in total. The smallest absolute Gasteiger partial charge is 0.341 e. The second kappa shape index (κ2) is 3.36. The van der Waals surface area contributed by atoms with Gasteiger partial charge in [-0.05, 0) is 12.1 Å². The van der Waals surface area contributed by atoms with Gasteiger partial charge in [0.25, 0.3) is 0 Å². The van der Waals surface area contributed by atoms with Gasteiger partial charge in [-0.2, -0.15) is 4.98 Å². The Morgan fingerprint density at radius 3 is 2.87 bits per heavy atom. The van der Waals surface area contributed by atoms with Crippen molar-refractivity contribution in [3.05, 3.63) is 28.9 Å². The highest BCUT2D eigenvalue weighted by molar-refractivity contribution is 6.35. The van der Waals surface area contributed by atoms with Gasteiger partial charge in [0, 0.05) is 11.6 Å². The lowest BCUT2D eigenvalue weighted by molar-refractivity contribution is 0.0693. The van der Waals surface area contributed by atoms with Crippen molar-refractivity contribution in [3.8, 4) is 5.88 Å². The van der Waals surface area contributed by atoms with Crippen LogP contribution in [0.2, 0.25) is 5.02 Å². The number of fused-ring (bicyclic) bond motifs is 1. The second-order valence-corrected chi connectivity index (χ2v) is 3.24. The van der Waals surface area contributed by atoms with Gasteiger partial charge >= 0.3 is 5.97 Å². The summed E-state index contributed by atoms with van der Waals surface area (Å²) in [5.41, 5.74) is -0.0811. The molecular formula is C9H5ClN2O3. The SMILES string of the molecule is O=C(O)c1cc2c(Cl)ccnc2nc1O. The summed E-state index contributed by atoms with van der Waals surface area (Å²) in [6.45, 7) is 0. The minimum atomic E-state index is -1.26. The van der Waals surface area contributed by atoms with E-state index in [1.165, 1.54) is 18.3 Å². The lowest BCUT2D eigenvalue weighted by Crippen LogP contribution is -1.99. The summed E-state index contributed by atoms with van der Waals surface area (Å²) in [6, 6.07) is 2.77. The highest BCUT2D eigenvalue weighted by Gasteiger charge is 2.14. The maximum Gasteiger partial charge on any atom is 0.341 e. The molecule has 76 valence electrons. The van der Waals surface area contributed by atoms with Gasteiger partial charge in [-0.3, -0.25) is 0 Å². The molecule has 0 aromatic carbocycles. The number of carbonyl (C=O) groups is 1. The molecule has 0 bridgehead atoms. The number of halogens is 1. The summed E-state index contributed by atoms with van der Waals surface area (Å²) in [5, 5.41) is 18.8. The minimum absolute atomic E-state index is 0.213. The van der Waals surface area contributed by atoms with Crippen molar-refractivity contribution in [2.24, 2.45) is 0 Å². The van der Waals surface area contributed by atoms with Crippen LogP contribution in [-0.4, -0.2) is 26.2 Å². The monoisotopic (exact) mass is 224 g/mol. The largest absolute Gasteiger partial charge is 0.493 e. The first-order valence-electron chi connectivity index (χ1n) is 3.97. The van der Waals surface area contributed by atoms with Crippen molar-refractivity contribution in [2.45, 2.75) is 0 Å². The molecule has 2 aromatic heterocycles. The van der Waals surface area contributed by atoms with Gasteiger partial charge in [-0.1, -0.05) is 11.6 Å². The molecule has 0 radical (unpaired) electrons. The number of hydrogen-bond donors (Lipinski definition) is 2. The van der Waals surface area contributed by atoms with Crippen LogP contribution in [0.3, 0.4) is 0 Å². The quantitative estimate of drug-likeness (QED) is 0.770. The van der Waals surface area contributed by atoms with Gasteiger partial charge in [0.05, 0.1) is 5.02 Å². The third-order valence-corrected chi connectivity index (χ3v) is 2.22. The lowest BCUT2D eigenvalue weighted by atomic mass is 10.2. The Bertz CT molecular complexity index is 556. The van der Waals surface area contributed by atoms with Crippen molar-refractivity contribution >= 4 is 28.6 Å². The van der Waals surface area contributed by atoms with Gasteiger partial charge in [0.1, 0.15) is 5.56 Å². The van der Waals surface area contributed by atoms with E-state index in [-0.39, 0.29) is 11.2 Å². The Labute approximate surface area is 89.0 Å². The van der Waals surface area contributed by atoms with Crippen LogP contribution < -0.4 is 0 Å². The van der Waals surface area contributed by atoms with E-state index in [4.69, 9.17) is 16.7 Å². The average Bonchev–Trinajstić information content (AvgIpc) is 2.16. The molecule has 0 fully saturated rings. The summed E-state index contributed by atoms with van der Waals surface area (Å²) in [7, 11) is 0. The first kappa shape index (κ1) is 9.67. The first-order chi connectivity index (χ1) is 7.09. The molecule has 0 aliphatic heterocycles. The molecule has 6 heteroatoms. The van der Waals surface area contributed by atoms with E-state index >= 15 is 0 Å². The van der Waals surface area contributed by atoms with Crippen LogP contribution in [0.1, 0.15) is 10.4 Å². The topological polar surface area (TPSA) is 83.3 Å². The zero-order valence-electron chi connectivity index (χ0n) is 7.31. The third-order valence-electron chi connectivity index (χ3n) is 1.89. The van der Waals surface area contributed by atoms with E-state index in [1.54, 1.807) is 0 Å². The Hall–Kier alpha value is -1.88. The van der Waals surface area contributed by atoms with E-state index in [9.17, 15) is 9.90 Å². The number of nitrogens with zero attached hydrogens (tertiary/aromatic N) is 2. The van der Waals surface area contributed by atoms with Gasteiger partial charge in [0.15, 0.2) is 5.65 Å². The molecule has 0 atom stereocenters. The molecule has 0 saturated carbocycles. The number of rotatable bonds is 1. The second-order valence-electron chi connectivity index (χ2n) is 2.83. The molecule has 2 aromatic rings. The van der Waals surface area contributed by atoms with Crippen LogP contribution in [0.25, 0.3) is 11.0 Å². The van der Waals surface area contributed by atoms with Crippen LogP contribution >= 0.6 is 11.6 Å². The lowest BCUT2D eigenvalue weighted by Gasteiger charge is -2.02. The van der Waals surface area contributed by atoms with Crippen LogP contribution in [0.15, 0.2) is 18.3 Å². The maximum atomic E-state index is 10.7. The molecule has 15 heavy (non-hydrogen) atoms. The van der Waals surface area contributed by atoms with E-state index in [2.05, 4.69) is 9.97 Å². The summed E-state index contributed by atoms with van der Waals surface area (Å²) >= 11 is 5.83. The molecule has 0 amide bonds. The summed E-state index contributed by atoms with van der Waals surface area (Å²) in [6.07, 6.45) is 1.43. The Kier molecular flexibility index (Phi) is 2.17. The van der Waals surface area contributed by atoms with Crippen LogP contribution in [0.4, 0.5) is 0 Å². The third kappa shape index (κ3) is 1.57. The zero-order valence-corrected chi connectivity index (χ0v) is 8.06. The van der Waals surface area contributed by atoms with Crippen LogP contribution in [0.5, 0.6) is 5.88 Å². The zero-order chi connectivity index (χ0) is 11.0. The van der Waals surface area contributed by atoms with Gasteiger partial charge in [-0.25, -0.2) is 9.78 Å². The predicted molar refractivity (Wildman–Crippen MR) is 53.2 cm³/mol. The van der Waals surface area contributed by atoms with Crippen LogP contribution in [-0.2, 0) is 0 Å². The number of pyridine rings is 2. The number of aromatic hydroxyl groups is 1. The van der Waals surface area contributed by atoms with Crippen molar-refractivity contribution in [1.29, 1.82) is 0 Å². The molecule has 2 heterocycles. The number of carboxylic acids is 1. The number of aromatic nitrogens is 2. The van der Waals surface area contributed by atoms with Gasteiger partial charge < -0.3 is 10.2 Å². The Morgan fingerprint density at radius 1 is 1.47 bits per heavy atom. The van der Waals surface area contributed by atoms with E-state index in [0.717, 1.165) is 0 Å². The van der Waals surface area contributed by atoms with E-state index in [1.807, 2.05) is 0 Å². The molecule has 2 rings (SSSR count). The predicted octanol–water partition coefficient (Wildman–Crippen LogP) is 1.69. The van der Waals surface area contributed by atoms with E-state index < -0.39 is 11.8 Å². The summed E-state index contributed by atoms with van der Waals surface area (Å²) in [5.74, 6) is -1.83. The van der Waals surface area contributed by atoms with Gasteiger partial charge in [-0.15, -0.1) is 0 Å². The number of aromatic carboxylic acids is 1. The van der Waals surface area contributed by atoms with Crippen molar-refractivity contribution in [3.63, 3.8) is 0 Å². The summed E-state index contributed by atoms with van der Waals surface area (Å²) < 4.78 is 0. The number of carboxylic acid groups (broad SMARTS) is 1. The van der Waals surface area contributed by atoms with E-state index in [0.29, 0.717) is 10.4 Å². The molecule has 0 aliphatic carbocycles. The molecule has 0 saturated heterocycles. The van der Waals surface area contributed by atoms with Crippen molar-refractivity contribution in [1.82, 2.24) is 9.97 Å². The Balaban J connectivity index is 2.83. The molecule has 5 nitrogen and oxygen atoms in total. The fraction of sp³-hybridized carbons (Fsp3) is 0. The van der Waals surface area contributed by atoms with Crippen molar-refractivity contribution < 1.29 is 15.0 Å². The molecule has 0 aliphatic rings. The normalized spacial score (nSPS) is 10.5. The van der Waals surface area contributed by atoms with Gasteiger partial charge in [0.2, 0.25) is 5.88 Å². The number of hydrogen-bond acceptors (Lipinski definition) is 4.